The summed E-state index contributed by atoms with van der Waals surface area (Å²) in [4.78, 5) is 16.1. The highest BCUT2D eigenvalue weighted by Gasteiger charge is 2.39. The van der Waals surface area contributed by atoms with E-state index in [4.69, 9.17) is 0 Å². The third-order valence-corrected chi connectivity index (χ3v) is 6.37. The van der Waals surface area contributed by atoms with E-state index < -0.39 is 15.6 Å². The summed E-state index contributed by atoms with van der Waals surface area (Å²) in [6.45, 7) is 2.17. The van der Waals surface area contributed by atoms with Crippen molar-refractivity contribution >= 4 is 15.9 Å². The number of nitrogens with zero attached hydrogens (tertiary/aromatic N) is 4. The molecule has 0 radical (unpaired) electrons. The SMILES string of the molecule is CN(C(=O)CN1CCN(S(C)(=O)=O)CC1)C1(C#N)CCCCC1. The zero-order valence-corrected chi connectivity index (χ0v) is 14.8. The van der Waals surface area contributed by atoms with Gasteiger partial charge < -0.3 is 4.90 Å². The van der Waals surface area contributed by atoms with Crippen LogP contribution < -0.4 is 0 Å². The van der Waals surface area contributed by atoms with Crippen LogP contribution in [-0.2, 0) is 14.8 Å². The number of hydrogen-bond acceptors (Lipinski definition) is 5. The quantitative estimate of drug-likeness (QED) is 0.731. The minimum Gasteiger partial charge on any atom is -0.326 e. The second-order valence-corrected chi connectivity index (χ2v) is 8.58. The smallest absolute Gasteiger partial charge is 0.237 e. The number of likely N-dealkylation sites (N-methyl/N-ethyl adjacent to an activating group) is 1. The molecular formula is C15H26N4O3S. The normalized spacial score (nSPS) is 23.2. The van der Waals surface area contributed by atoms with Crippen molar-refractivity contribution in [2.24, 2.45) is 0 Å². The lowest BCUT2D eigenvalue weighted by Gasteiger charge is -2.40. The molecule has 0 aromatic heterocycles. The van der Waals surface area contributed by atoms with E-state index in [1.54, 1.807) is 11.9 Å². The molecule has 0 unspecified atom stereocenters. The summed E-state index contributed by atoms with van der Waals surface area (Å²) in [5.41, 5.74) is -0.663. The van der Waals surface area contributed by atoms with Gasteiger partial charge in [0.2, 0.25) is 15.9 Å². The van der Waals surface area contributed by atoms with Crippen LogP contribution in [0.2, 0.25) is 0 Å². The van der Waals surface area contributed by atoms with E-state index in [0.29, 0.717) is 26.2 Å². The van der Waals surface area contributed by atoms with E-state index in [1.165, 1.54) is 10.6 Å². The van der Waals surface area contributed by atoms with E-state index in [2.05, 4.69) is 6.07 Å². The Morgan fingerprint density at radius 1 is 1.17 bits per heavy atom. The van der Waals surface area contributed by atoms with E-state index in [0.717, 1.165) is 32.1 Å². The van der Waals surface area contributed by atoms with Crippen molar-refractivity contribution in [3.05, 3.63) is 0 Å². The first kappa shape index (κ1) is 18.2. The number of nitriles is 1. The molecule has 8 heteroatoms. The molecule has 2 rings (SSSR count). The Balaban J connectivity index is 1.91. The minimum absolute atomic E-state index is 0.0544. The fourth-order valence-corrected chi connectivity index (χ4v) is 4.24. The molecule has 7 nitrogen and oxygen atoms in total. The lowest BCUT2D eigenvalue weighted by molar-refractivity contribution is -0.136. The summed E-state index contributed by atoms with van der Waals surface area (Å²) >= 11 is 0. The van der Waals surface area contributed by atoms with Crippen molar-refractivity contribution < 1.29 is 13.2 Å². The van der Waals surface area contributed by atoms with Crippen molar-refractivity contribution in [1.29, 1.82) is 5.26 Å². The monoisotopic (exact) mass is 342 g/mol. The molecule has 1 saturated heterocycles. The Hall–Kier alpha value is -1.17. The number of amides is 1. The predicted octanol–water partition coefficient (Wildman–Crippen LogP) is 0.248. The van der Waals surface area contributed by atoms with Crippen molar-refractivity contribution in [3.8, 4) is 6.07 Å². The van der Waals surface area contributed by atoms with E-state index in [-0.39, 0.29) is 12.5 Å². The van der Waals surface area contributed by atoms with Crippen LogP contribution in [0.4, 0.5) is 0 Å². The first-order valence-electron chi connectivity index (χ1n) is 8.14. The summed E-state index contributed by atoms with van der Waals surface area (Å²) in [6.07, 6.45) is 5.79. The number of carbonyl (C=O) groups is 1. The highest BCUT2D eigenvalue weighted by molar-refractivity contribution is 7.88. The standard InChI is InChI=1S/C15H26N4O3S/c1-17(15(13-16)6-4-3-5-7-15)14(20)12-18-8-10-19(11-9-18)23(2,21)22/h3-12H2,1-2H3. The molecule has 1 saturated carbocycles. The largest absolute Gasteiger partial charge is 0.326 e. The molecule has 0 aromatic rings. The van der Waals surface area contributed by atoms with Gasteiger partial charge in [-0.15, -0.1) is 0 Å². The second-order valence-electron chi connectivity index (χ2n) is 6.59. The maximum Gasteiger partial charge on any atom is 0.237 e. The minimum atomic E-state index is -3.16. The summed E-state index contributed by atoms with van der Waals surface area (Å²) in [5.74, 6) is -0.0544. The number of hydrogen-bond donors (Lipinski definition) is 0. The van der Waals surface area contributed by atoms with Crippen LogP contribution in [0.25, 0.3) is 0 Å². The van der Waals surface area contributed by atoms with Crippen LogP contribution in [0.1, 0.15) is 32.1 Å². The molecule has 0 spiro atoms. The van der Waals surface area contributed by atoms with Crippen LogP contribution in [0, 0.1) is 11.3 Å². The Bertz CT molecular complexity index is 570. The molecular weight excluding hydrogens is 316 g/mol. The molecule has 1 aliphatic carbocycles. The molecule has 2 aliphatic rings. The molecule has 1 aliphatic heterocycles. The van der Waals surface area contributed by atoms with Crippen molar-refractivity contribution in [1.82, 2.24) is 14.1 Å². The van der Waals surface area contributed by atoms with E-state index >= 15 is 0 Å². The molecule has 23 heavy (non-hydrogen) atoms. The lowest BCUT2D eigenvalue weighted by atomic mass is 9.81. The van der Waals surface area contributed by atoms with Crippen molar-refractivity contribution in [3.63, 3.8) is 0 Å². The maximum atomic E-state index is 12.6. The summed E-state index contributed by atoms with van der Waals surface area (Å²) in [7, 11) is -1.43. The van der Waals surface area contributed by atoms with Crippen LogP contribution in [0.3, 0.4) is 0 Å². The highest BCUT2D eigenvalue weighted by Crippen LogP contribution is 2.32. The number of piperazine rings is 1. The Morgan fingerprint density at radius 3 is 2.22 bits per heavy atom. The number of sulfonamides is 1. The van der Waals surface area contributed by atoms with Gasteiger partial charge in [-0.25, -0.2) is 8.42 Å². The van der Waals surface area contributed by atoms with Gasteiger partial charge in [-0.3, -0.25) is 9.69 Å². The first-order chi connectivity index (χ1) is 10.8. The number of carbonyl (C=O) groups excluding carboxylic acids is 1. The Labute approximate surface area is 138 Å². The van der Waals surface area contributed by atoms with E-state index in [9.17, 15) is 18.5 Å². The molecule has 0 bridgehead atoms. The molecule has 2 fully saturated rings. The fourth-order valence-electron chi connectivity index (χ4n) is 3.41. The van der Waals surface area contributed by atoms with E-state index in [1.807, 2.05) is 4.90 Å². The van der Waals surface area contributed by atoms with Crippen LogP contribution in [0.5, 0.6) is 0 Å². The number of rotatable bonds is 4. The van der Waals surface area contributed by atoms with Crippen molar-refractivity contribution in [2.75, 3.05) is 46.0 Å². The molecule has 0 aromatic carbocycles. The zero-order chi connectivity index (χ0) is 17.1. The van der Waals surface area contributed by atoms with Gasteiger partial charge >= 0.3 is 0 Å². The first-order valence-corrected chi connectivity index (χ1v) is 9.99. The van der Waals surface area contributed by atoms with Gasteiger partial charge in [-0.2, -0.15) is 9.57 Å². The van der Waals surface area contributed by atoms with Crippen LogP contribution in [0.15, 0.2) is 0 Å². The Morgan fingerprint density at radius 2 is 1.74 bits per heavy atom. The fraction of sp³-hybridized carbons (Fsp3) is 0.867. The zero-order valence-electron chi connectivity index (χ0n) is 14.0. The van der Waals surface area contributed by atoms with Gasteiger partial charge in [-0.05, 0) is 12.8 Å². The molecule has 1 heterocycles. The molecule has 1 amide bonds. The third kappa shape index (κ3) is 4.22. The van der Waals surface area contributed by atoms with Crippen molar-refractivity contribution in [2.45, 2.75) is 37.6 Å². The van der Waals surface area contributed by atoms with Gasteiger partial charge in [-0.1, -0.05) is 19.3 Å². The molecule has 130 valence electrons. The highest BCUT2D eigenvalue weighted by atomic mass is 32.2. The van der Waals surface area contributed by atoms with Crippen LogP contribution >= 0.6 is 0 Å². The molecule has 0 N–H and O–H groups in total. The average Bonchev–Trinajstić information content (AvgIpc) is 2.54. The second kappa shape index (κ2) is 7.16. The van der Waals surface area contributed by atoms with Gasteiger partial charge in [0.25, 0.3) is 0 Å². The lowest BCUT2D eigenvalue weighted by Crippen LogP contribution is -2.55. The summed E-state index contributed by atoms with van der Waals surface area (Å²) in [6, 6.07) is 2.36. The van der Waals surface area contributed by atoms with Crippen LogP contribution in [-0.4, -0.2) is 80.0 Å². The topological polar surface area (TPSA) is 84.7 Å². The maximum absolute atomic E-state index is 12.6. The Kier molecular flexibility index (Phi) is 5.65. The third-order valence-electron chi connectivity index (χ3n) is 5.06. The summed E-state index contributed by atoms with van der Waals surface area (Å²) in [5, 5.41) is 9.56. The predicted molar refractivity (Wildman–Crippen MR) is 87.1 cm³/mol. The van der Waals surface area contributed by atoms with Gasteiger partial charge in [0.05, 0.1) is 18.9 Å². The van der Waals surface area contributed by atoms with Gasteiger partial charge in [0.1, 0.15) is 5.54 Å². The van der Waals surface area contributed by atoms with Gasteiger partial charge in [0.15, 0.2) is 0 Å². The van der Waals surface area contributed by atoms with Gasteiger partial charge in [0, 0.05) is 33.2 Å². The summed E-state index contributed by atoms with van der Waals surface area (Å²) < 4.78 is 24.5. The molecule has 0 atom stereocenters. The average molecular weight is 342 g/mol.